The number of fused-ring (bicyclic) bond motifs is 2. The first kappa shape index (κ1) is 9.40. The molecule has 3 heteroatoms. The minimum Gasteiger partial charge on any atom is -0.348 e. The van der Waals surface area contributed by atoms with Crippen molar-refractivity contribution in [3.63, 3.8) is 0 Å². The van der Waals surface area contributed by atoms with Crippen LogP contribution in [0.25, 0.3) is 0 Å². The van der Waals surface area contributed by atoms with Gasteiger partial charge in [-0.15, -0.1) is 0 Å². The lowest BCUT2D eigenvalue weighted by Gasteiger charge is -2.36. The van der Waals surface area contributed by atoms with Gasteiger partial charge in [0.15, 0.2) is 0 Å². The predicted octanol–water partition coefficient (Wildman–Crippen LogP) is 2.10. The summed E-state index contributed by atoms with van der Waals surface area (Å²) >= 11 is 0. The van der Waals surface area contributed by atoms with Crippen molar-refractivity contribution in [3.8, 4) is 0 Å². The summed E-state index contributed by atoms with van der Waals surface area (Å²) in [7, 11) is 0. The molecule has 0 bridgehead atoms. The summed E-state index contributed by atoms with van der Waals surface area (Å²) in [6.07, 6.45) is 11.0. The SMILES string of the molecule is c1nc2c([nH]1)CCNC21CCCCCC1. The summed E-state index contributed by atoms with van der Waals surface area (Å²) < 4.78 is 0. The standard InChI is InChI=1S/C12H19N3/c1-2-4-7-12(6-3-1)11-10(5-8-15-12)13-9-14-11/h9,15H,1-8H2,(H,13,14). The van der Waals surface area contributed by atoms with Crippen molar-refractivity contribution >= 4 is 0 Å². The zero-order valence-electron chi connectivity index (χ0n) is 9.18. The van der Waals surface area contributed by atoms with Gasteiger partial charge in [0.05, 0.1) is 17.6 Å². The van der Waals surface area contributed by atoms with Crippen LogP contribution in [0, 0.1) is 0 Å². The molecule has 2 N–H and O–H groups in total. The second-order valence-electron chi connectivity index (χ2n) is 4.90. The molecule has 15 heavy (non-hydrogen) atoms. The van der Waals surface area contributed by atoms with Crippen molar-refractivity contribution in [1.29, 1.82) is 0 Å². The number of aromatic nitrogens is 2. The van der Waals surface area contributed by atoms with E-state index in [4.69, 9.17) is 0 Å². The molecule has 0 saturated heterocycles. The number of hydrogen-bond acceptors (Lipinski definition) is 2. The maximum Gasteiger partial charge on any atom is 0.0926 e. The van der Waals surface area contributed by atoms with Crippen LogP contribution in [-0.2, 0) is 12.0 Å². The molecule has 1 aliphatic carbocycles. The molecule has 0 radical (unpaired) electrons. The topological polar surface area (TPSA) is 40.7 Å². The van der Waals surface area contributed by atoms with Gasteiger partial charge in [0.2, 0.25) is 0 Å². The number of nitrogens with zero attached hydrogens (tertiary/aromatic N) is 1. The van der Waals surface area contributed by atoms with Gasteiger partial charge in [0.1, 0.15) is 0 Å². The molecular weight excluding hydrogens is 186 g/mol. The number of hydrogen-bond donors (Lipinski definition) is 2. The van der Waals surface area contributed by atoms with E-state index in [1.807, 2.05) is 6.33 Å². The Labute approximate surface area is 90.7 Å². The lowest BCUT2D eigenvalue weighted by atomic mass is 9.83. The average molecular weight is 205 g/mol. The molecule has 1 spiro atoms. The van der Waals surface area contributed by atoms with Gasteiger partial charge >= 0.3 is 0 Å². The van der Waals surface area contributed by atoms with Crippen molar-refractivity contribution in [2.75, 3.05) is 6.54 Å². The number of aromatic amines is 1. The molecule has 1 fully saturated rings. The van der Waals surface area contributed by atoms with Gasteiger partial charge < -0.3 is 10.3 Å². The summed E-state index contributed by atoms with van der Waals surface area (Å²) in [6.45, 7) is 1.11. The molecule has 3 nitrogen and oxygen atoms in total. The fourth-order valence-corrected chi connectivity index (χ4v) is 3.18. The summed E-state index contributed by atoms with van der Waals surface area (Å²) in [6, 6.07) is 0. The lowest BCUT2D eigenvalue weighted by molar-refractivity contribution is 0.268. The van der Waals surface area contributed by atoms with Crippen molar-refractivity contribution in [1.82, 2.24) is 15.3 Å². The molecule has 3 rings (SSSR count). The fourth-order valence-electron chi connectivity index (χ4n) is 3.18. The van der Waals surface area contributed by atoms with Gasteiger partial charge in [-0.05, 0) is 12.8 Å². The first-order valence-corrected chi connectivity index (χ1v) is 6.18. The summed E-state index contributed by atoms with van der Waals surface area (Å²) in [5, 5.41) is 3.73. The second kappa shape index (κ2) is 3.63. The summed E-state index contributed by atoms with van der Waals surface area (Å²) in [4.78, 5) is 7.86. The maximum absolute atomic E-state index is 4.56. The molecule has 1 aromatic heterocycles. The zero-order chi connectivity index (χ0) is 10.1. The van der Waals surface area contributed by atoms with E-state index in [9.17, 15) is 0 Å². The predicted molar refractivity (Wildman–Crippen MR) is 59.7 cm³/mol. The van der Waals surface area contributed by atoms with Crippen LogP contribution in [0.3, 0.4) is 0 Å². The van der Waals surface area contributed by atoms with Gasteiger partial charge in [-0.2, -0.15) is 0 Å². The van der Waals surface area contributed by atoms with Gasteiger partial charge in [-0.1, -0.05) is 25.7 Å². The zero-order valence-corrected chi connectivity index (χ0v) is 9.18. The third-order valence-electron chi connectivity index (χ3n) is 3.97. The van der Waals surface area contributed by atoms with E-state index in [-0.39, 0.29) is 5.54 Å². The highest BCUT2D eigenvalue weighted by Crippen LogP contribution is 2.38. The Kier molecular flexibility index (Phi) is 2.28. The van der Waals surface area contributed by atoms with Crippen molar-refractivity contribution in [2.45, 2.75) is 50.5 Å². The van der Waals surface area contributed by atoms with Crippen LogP contribution in [0.1, 0.15) is 49.9 Å². The molecule has 0 aromatic carbocycles. The van der Waals surface area contributed by atoms with E-state index in [0.717, 1.165) is 13.0 Å². The molecule has 2 aliphatic rings. The monoisotopic (exact) mass is 205 g/mol. The summed E-state index contributed by atoms with van der Waals surface area (Å²) in [5.74, 6) is 0. The van der Waals surface area contributed by atoms with Crippen molar-refractivity contribution < 1.29 is 0 Å². The molecule has 82 valence electrons. The van der Waals surface area contributed by atoms with Gasteiger partial charge in [0.25, 0.3) is 0 Å². The summed E-state index contributed by atoms with van der Waals surface area (Å²) in [5.41, 5.74) is 2.90. The van der Waals surface area contributed by atoms with Crippen molar-refractivity contribution in [3.05, 3.63) is 17.7 Å². The number of nitrogens with one attached hydrogen (secondary N) is 2. The second-order valence-corrected chi connectivity index (χ2v) is 4.90. The Hall–Kier alpha value is -0.830. The van der Waals surface area contributed by atoms with E-state index in [0.29, 0.717) is 0 Å². The minimum absolute atomic E-state index is 0.212. The van der Waals surface area contributed by atoms with Crippen LogP contribution >= 0.6 is 0 Å². The number of H-pyrrole nitrogens is 1. The van der Waals surface area contributed by atoms with Crippen LogP contribution in [0.2, 0.25) is 0 Å². The molecule has 0 amide bonds. The van der Waals surface area contributed by atoms with Gasteiger partial charge in [-0.25, -0.2) is 4.98 Å². The number of imidazole rings is 1. The maximum atomic E-state index is 4.56. The molecule has 1 saturated carbocycles. The van der Waals surface area contributed by atoms with E-state index in [1.165, 1.54) is 49.9 Å². The van der Waals surface area contributed by atoms with Crippen LogP contribution in [-0.4, -0.2) is 16.5 Å². The van der Waals surface area contributed by atoms with Crippen LogP contribution in [0.15, 0.2) is 6.33 Å². The average Bonchev–Trinajstić information content (AvgIpc) is 2.62. The van der Waals surface area contributed by atoms with E-state index in [2.05, 4.69) is 15.3 Å². The third kappa shape index (κ3) is 1.49. The van der Waals surface area contributed by atoms with E-state index < -0.39 is 0 Å². The molecule has 0 atom stereocenters. The smallest absolute Gasteiger partial charge is 0.0926 e. The normalized spacial score (nSPS) is 24.8. The quantitative estimate of drug-likeness (QED) is 0.681. The Morgan fingerprint density at radius 1 is 1.13 bits per heavy atom. The van der Waals surface area contributed by atoms with Crippen molar-refractivity contribution in [2.24, 2.45) is 0 Å². The highest BCUT2D eigenvalue weighted by Gasteiger charge is 2.38. The fraction of sp³-hybridized carbons (Fsp3) is 0.750. The van der Waals surface area contributed by atoms with E-state index in [1.54, 1.807) is 0 Å². The molecular formula is C12H19N3. The Bertz CT molecular complexity index is 334. The third-order valence-corrected chi connectivity index (χ3v) is 3.97. The lowest BCUT2D eigenvalue weighted by Crippen LogP contribution is -2.47. The molecule has 1 aromatic rings. The highest BCUT2D eigenvalue weighted by atomic mass is 15.1. The minimum atomic E-state index is 0.212. The van der Waals surface area contributed by atoms with E-state index >= 15 is 0 Å². The Morgan fingerprint density at radius 2 is 1.93 bits per heavy atom. The Morgan fingerprint density at radius 3 is 2.73 bits per heavy atom. The largest absolute Gasteiger partial charge is 0.348 e. The van der Waals surface area contributed by atoms with Crippen LogP contribution in [0.5, 0.6) is 0 Å². The number of rotatable bonds is 0. The van der Waals surface area contributed by atoms with Gasteiger partial charge in [-0.3, -0.25) is 0 Å². The van der Waals surface area contributed by atoms with Crippen LogP contribution < -0.4 is 5.32 Å². The molecule has 1 aliphatic heterocycles. The first-order chi connectivity index (χ1) is 7.41. The van der Waals surface area contributed by atoms with Gasteiger partial charge in [0, 0.05) is 18.7 Å². The highest BCUT2D eigenvalue weighted by molar-refractivity contribution is 5.25. The molecule has 2 heterocycles. The Balaban J connectivity index is 1.98. The first-order valence-electron chi connectivity index (χ1n) is 6.18. The molecule has 0 unspecified atom stereocenters. The van der Waals surface area contributed by atoms with Crippen LogP contribution in [0.4, 0.5) is 0 Å².